The first-order chi connectivity index (χ1) is 8.36. The molecule has 1 aromatic carbocycles. The maximum Gasteiger partial charge on any atom is 0.322 e. The first kappa shape index (κ1) is 12.6. The van der Waals surface area contributed by atoms with E-state index in [0.29, 0.717) is 11.3 Å². The first-order valence-corrected chi connectivity index (χ1v) is 5.93. The number of hydrogen-bond donors (Lipinski definition) is 1. The predicted octanol–water partition coefficient (Wildman–Crippen LogP) is 2.46. The van der Waals surface area contributed by atoms with Crippen molar-refractivity contribution >= 4 is 11.9 Å². The van der Waals surface area contributed by atoms with Crippen molar-refractivity contribution in [3.8, 4) is 5.75 Å². The summed E-state index contributed by atoms with van der Waals surface area (Å²) in [6, 6.07) is 5.52. The van der Waals surface area contributed by atoms with E-state index in [-0.39, 0.29) is 12.3 Å². The van der Waals surface area contributed by atoms with Gasteiger partial charge in [-0.1, -0.05) is 32.0 Å². The van der Waals surface area contributed by atoms with E-state index in [1.165, 1.54) is 0 Å². The molecule has 0 aromatic heterocycles. The fraction of sp³-hybridized carbons (Fsp3) is 0.429. The Bertz CT molecular complexity index is 519. The van der Waals surface area contributed by atoms with Gasteiger partial charge in [-0.15, -0.1) is 0 Å². The normalized spacial score (nSPS) is 21.9. The Hall–Kier alpha value is -1.84. The molecular formula is C14H16O4. The number of fused-ring (bicyclic) bond motifs is 1. The second kappa shape index (κ2) is 4.12. The van der Waals surface area contributed by atoms with Gasteiger partial charge >= 0.3 is 11.9 Å². The third-order valence-electron chi connectivity index (χ3n) is 3.41. The lowest BCUT2D eigenvalue weighted by molar-refractivity contribution is -0.145. The van der Waals surface area contributed by atoms with Crippen molar-refractivity contribution in [3.63, 3.8) is 0 Å². The number of carboxylic acids is 1. The number of esters is 1. The summed E-state index contributed by atoms with van der Waals surface area (Å²) >= 11 is 0. The van der Waals surface area contributed by atoms with Crippen molar-refractivity contribution < 1.29 is 19.4 Å². The van der Waals surface area contributed by atoms with Crippen LogP contribution in [0.25, 0.3) is 0 Å². The minimum absolute atomic E-state index is 0.222. The molecule has 0 bridgehead atoms. The Morgan fingerprint density at radius 3 is 2.67 bits per heavy atom. The van der Waals surface area contributed by atoms with Gasteiger partial charge in [0.05, 0.1) is 6.42 Å². The molecule has 0 amide bonds. The number of carbonyl (C=O) groups excluding carboxylic acids is 1. The number of ether oxygens (including phenoxy) is 1. The van der Waals surface area contributed by atoms with Gasteiger partial charge in [0.25, 0.3) is 0 Å². The number of hydrogen-bond acceptors (Lipinski definition) is 3. The lowest BCUT2D eigenvalue weighted by atomic mass is 9.79. The Kier molecular flexibility index (Phi) is 2.89. The largest absolute Gasteiger partial charge is 0.481 e. The van der Waals surface area contributed by atoms with E-state index >= 15 is 0 Å². The molecule has 0 radical (unpaired) electrons. The van der Waals surface area contributed by atoms with E-state index in [9.17, 15) is 9.59 Å². The zero-order valence-corrected chi connectivity index (χ0v) is 10.7. The molecule has 96 valence electrons. The molecule has 0 aliphatic carbocycles. The quantitative estimate of drug-likeness (QED) is 0.659. The number of benzene rings is 1. The van der Waals surface area contributed by atoms with Gasteiger partial charge < -0.3 is 9.84 Å². The van der Waals surface area contributed by atoms with E-state index in [1.807, 2.05) is 26.0 Å². The van der Waals surface area contributed by atoms with Crippen molar-refractivity contribution in [2.75, 3.05) is 0 Å². The van der Waals surface area contributed by atoms with Gasteiger partial charge in [-0.25, -0.2) is 0 Å². The minimum Gasteiger partial charge on any atom is -0.481 e. The van der Waals surface area contributed by atoms with Gasteiger partial charge in [0.1, 0.15) is 11.2 Å². The van der Waals surface area contributed by atoms with Gasteiger partial charge in [-0.05, 0) is 18.4 Å². The molecule has 1 aliphatic heterocycles. The van der Waals surface area contributed by atoms with Crippen LogP contribution < -0.4 is 4.74 Å². The van der Waals surface area contributed by atoms with Crippen molar-refractivity contribution in [3.05, 3.63) is 29.3 Å². The predicted molar refractivity (Wildman–Crippen MR) is 65.8 cm³/mol. The summed E-state index contributed by atoms with van der Waals surface area (Å²) in [6.07, 6.45) is -0.250. The third kappa shape index (κ3) is 1.78. The van der Waals surface area contributed by atoms with E-state index in [2.05, 4.69) is 0 Å². The molecule has 18 heavy (non-hydrogen) atoms. The maximum absolute atomic E-state index is 12.0. The molecule has 0 saturated carbocycles. The summed E-state index contributed by atoms with van der Waals surface area (Å²) < 4.78 is 5.31. The van der Waals surface area contributed by atoms with Crippen LogP contribution in [0.1, 0.15) is 44.2 Å². The Balaban J connectivity index is 2.56. The number of para-hydroxylation sites is 1. The highest BCUT2D eigenvalue weighted by atomic mass is 16.5. The van der Waals surface area contributed by atoms with E-state index in [4.69, 9.17) is 9.84 Å². The fourth-order valence-electron chi connectivity index (χ4n) is 2.34. The highest BCUT2D eigenvalue weighted by molar-refractivity contribution is 5.94. The van der Waals surface area contributed by atoms with Gasteiger partial charge in [0, 0.05) is 5.56 Å². The molecule has 1 N–H and O–H groups in total. The van der Waals surface area contributed by atoms with Crippen LogP contribution in [0.15, 0.2) is 18.2 Å². The van der Waals surface area contributed by atoms with Gasteiger partial charge in [-0.2, -0.15) is 0 Å². The van der Waals surface area contributed by atoms with Crippen LogP contribution in [0.2, 0.25) is 0 Å². The minimum atomic E-state index is -1.08. The second-order valence-corrected chi connectivity index (χ2v) is 5.17. The molecule has 1 aliphatic rings. The summed E-state index contributed by atoms with van der Waals surface area (Å²) in [7, 11) is 0. The number of carboxylic acid groups (broad SMARTS) is 1. The zero-order valence-electron chi connectivity index (χ0n) is 10.7. The average Bonchev–Trinajstić information content (AvgIpc) is 2.50. The van der Waals surface area contributed by atoms with Gasteiger partial charge in [0.2, 0.25) is 0 Å². The van der Waals surface area contributed by atoms with Crippen LogP contribution >= 0.6 is 0 Å². The monoisotopic (exact) mass is 248 g/mol. The molecule has 1 unspecified atom stereocenters. The topological polar surface area (TPSA) is 63.6 Å². The first-order valence-electron chi connectivity index (χ1n) is 5.93. The molecule has 0 spiro atoms. The van der Waals surface area contributed by atoms with E-state index < -0.39 is 17.4 Å². The summed E-state index contributed by atoms with van der Waals surface area (Å²) in [4.78, 5) is 22.9. The lowest BCUT2D eigenvalue weighted by Gasteiger charge is -2.18. The molecule has 0 fully saturated rings. The Labute approximate surface area is 106 Å². The molecule has 0 saturated heterocycles. The zero-order chi connectivity index (χ0) is 13.5. The third-order valence-corrected chi connectivity index (χ3v) is 3.41. The van der Waals surface area contributed by atoms with Crippen LogP contribution in [0.5, 0.6) is 5.75 Å². The molecule has 2 rings (SSSR count). The van der Waals surface area contributed by atoms with E-state index in [0.717, 1.165) is 5.56 Å². The van der Waals surface area contributed by atoms with Gasteiger partial charge in [0.15, 0.2) is 0 Å². The SMILES string of the molecule is CC(C)c1cccc2c1OC(=O)C2(C)CC(=O)O. The van der Waals surface area contributed by atoms with Crippen LogP contribution in [-0.2, 0) is 15.0 Å². The van der Waals surface area contributed by atoms with E-state index in [1.54, 1.807) is 13.0 Å². The molecule has 4 nitrogen and oxygen atoms in total. The summed E-state index contributed by atoms with van der Waals surface area (Å²) in [6.45, 7) is 5.64. The van der Waals surface area contributed by atoms with Crippen molar-refractivity contribution in [1.29, 1.82) is 0 Å². The van der Waals surface area contributed by atoms with Crippen molar-refractivity contribution in [2.24, 2.45) is 0 Å². The summed E-state index contributed by atoms with van der Waals surface area (Å²) in [5.41, 5.74) is 0.544. The van der Waals surface area contributed by atoms with Crippen molar-refractivity contribution in [2.45, 2.75) is 38.5 Å². The fourth-order valence-corrected chi connectivity index (χ4v) is 2.34. The second-order valence-electron chi connectivity index (χ2n) is 5.17. The lowest BCUT2D eigenvalue weighted by Crippen LogP contribution is -2.32. The molecule has 4 heteroatoms. The Morgan fingerprint density at radius 2 is 2.11 bits per heavy atom. The molecule has 1 heterocycles. The number of rotatable bonds is 3. The van der Waals surface area contributed by atoms with Crippen LogP contribution in [-0.4, -0.2) is 17.0 Å². The van der Waals surface area contributed by atoms with Crippen molar-refractivity contribution in [1.82, 2.24) is 0 Å². The van der Waals surface area contributed by atoms with Crippen LogP contribution in [0.4, 0.5) is 0 Å². The molecule has 1 atom stereocenters. The van der Waals surface area contributed by atoms with Crippen LogP contribution in [0, 0.1) is 0 Å². The summed E-state index contributed by atoms with van der Waals surface area (Å²) in [5.74, 6) is -0.716. The number of carbonyl (C=O) groups is 2. The van der Waals surface area contributed by atoms with Gasteiger partial charge in [-0.3, -0.25) is 9.59 Å². The molecular weight excluding hydrogens is 232 g/mol. The smallest absolute Gasteiger partial charge is 0.322 e. The standard InChI is InChI=1S/C14H16O4/c1-8(2)9-5-4-6-10-12(9)18-13(17)14(10,3)7-11(15)16/h4-6,8H,7H2,1-3H3,(H,15,16). The average molecular weight is 248 g/mol. The number of aliphatic carboxylic acids is 1. The molecule has 1 aromatic rings. The highest BCUT2D eigenvalue weighted by Gasteiger charge is 2.47. The Morgan fingerprint density at radius 1 is 1.44 bits per heavy atom. The highest BCUT2D eigenvalue weighted by Crippen LogP contribution is 2.45. The summed E-state index contributed by atoms with van der Waals surface area (Å²) in [5, 5.41) is 8.95. The maximum atomic E-state index is 12.0. The van der Waals surface area contributed by atoms with Crippen LogP contribution in [0.3, 0.4) is 0 Å².